The summed E-state index contributed by atoms with van der Waals surface area (Å²) in [7, 11) is 0. The lowest BCUT2D eigenvalue weighted by atomic mass is 10.1. The fourth-order valence-corrected chi connectivity index (χ4v) is 5.87. The first-order chi connectivity index (χ1) is 20.9. The number of nitrogens with zero attached hydrogens (tertiary/aromatic N) is 6. The molecule has 14 heteroatoms. The van der Waals surface area contributed by atoms with E-state index >= 15 is 4.39 Å². The average Bonchev–Trinajstić information content (AvgIpc) is 3.61. The predicted octanol–water partition coefficient (Wildman–Crippen LogP) is 3.99. The summed E-state index contributed by atoms with van der Waals surface area (Å²) in [6.45, 7) is 3.29. The molecule has 44 heavy (non-hydrogen) atoms. The molecule has 2 aliphatic rings. The number of nitrogens with one attached hydrogen (secondary N) is 1. The fraction of sp³-hybridized carbons (Fsp3) is 0.400. The average molecular weight is 608 g/mol. The summed E-state index contributed by atoms with van der Waals surface area (Å²) >= 11 is 0. The second-order valence-electron chi connectivity index (χ2n) is 11.6. The topological polar surface area (TPSA) is 135 Å². The highest BCUT2D eigenvalue weighted by Gasteiger charge is 2.57. The summed E-state index contributed by atoms with van der Waals surface area (Å²) in [6, 6.07) is 7.13. The second-order valence-corrected chi connectivity index (χ2v) is 11.6. The smallest absolute Gasteiger partial charge is 0.322 e. The maximum absolute atomic E-state index is 15.3. The Bertz CT molecular complexity index is 2060. The molecule has 2 aromatic carbocycles. The first-order valence-corrected chi connectivity index (χ1v) is 14.2. The van der Waals surface area contributed by atoms with Gasteiger partial charge in [-0.25, -0.2) is 27.7 Å². The van der Waals surface area contributed by atoms with Crippen molar-refractivity contribution in [2.75, 3.05) is 18.4 Å². The van der Waals surface area contributed by atoms with Gasteiger partial charge in [0.2, 0.25) is 0 Å². The van der Waals surface area contributed by atoms with Gasteiger partial charge in [-0.3, -0.25) is 23.3 Å². The highest BCUT2D eigenvalue weighted by Crippen LogP contribution is 2.49. The van der Waals surface area contributed by atoms with Crippen molar-refractivity contribution in [2.45, 2.75) is 57.7 Å². The van der Waals surface area contributed by atoms with Crippen LogP contribution < -0.4 is 22.1 Å². The molecule has 6 rings (SSSR count). The molecule has 0 radical (unpaired) electrons. The van der Waals surface area contributed by atoms with E-state index in [1.165, 1.54) is 32.5 Å². The molecule has 0 bridgehead atoms. The van der Waals surface area contributed by atoms with Gasteiger partial charge in [-0.05, 0) is 51.0 Å². The zero-order valence-electron chi connectivity index (χ0n) is 23.9. The Morgan fingerprint density at radius 1 is 1.16 bits per heavy atom. The minimum atomic E-state index is -2.95. The molecule has 1 N–H and O–H groups in total. The number of benzene rings is 2. The fourth-order valence-electron chi connectivity index (χ4n) is 5.87. The van der Waals surface area contributed by atoms with Crippen LogP contribution in [-0.2, 0) is 6.54 Å². The summed E-state index contributed by atoms with van der Waals surface area (Å²) in [5, 5.41) is 11.9. The predicted molar refractivity (Wildman–Crippen MR) is 155 cm³/mol. The van der Waals surface area contributed by atoms with E-state index in [0.717, 1.165) is 16.7 Å². The van der Waals surface area contributed by atoms with Gasteiger partial charge < -0.3 is 10.2 Å². The molecular formula is C30H28F3N7O4. The minimum Gasteiger partial charge on any atom is -0.322 e. The molecule has 228 valence electrons. The Morgan fingerprint density at radius 3 is 2.59 bits per heavy atom. The molecule has 2 atom stereocenters. The van der Waals surface area contributed by atoms with Crippen LogP contribution in [0.3, 0.4) is 0 Å². The summed E-state index contributed by atoms with van der Waals surface area (Å²) in [4.78, 5) is 58.7. The molecule has 11 nitrogen and oxygen atoms in total. The van der Waals surface area contributed by atoms with E-state index in [9.17, 15) is 28.0 Å². The van der Waals surface area contributed by atoms with Gasteiger partial charge in [0, 0.05) is 44.1 Å². The van der Waals surface area contributed by atoms with Crippen molar-refractivity contribution in [3.63, 3.8) is 0 Å². The second kappa shape index (κ2) is 10.7. The summed E-state index contributed by atoms with van der Waals surface area (Å²) in [5.41, 5.74) is -1.52. The Hall–Kier alpha value is -4.93. The van der Waals surface area contributed by atoms with Gasteiger partial charge in [0.15, 0.2) is 0 Å². The van der Waals surface area contributed by atoms with Crippen LogP contribution in [0.5, 0.6) is 0 Å². The lowest BCUT2D eigenvalue weighted by Crippen LogP contribution is -2.45. The number of hydrogen-bond donors (Lipinski definition) is 1. The summed E-state index contributed by atoms with van der Waals surface area (Å²) in [5.74, 6) is -4.98. The number of carbonyl (C=O) groups excluding carboxylic acids is 1. The zero-order valence-corrected chi connectivity index (χ0v) is 23.9. The number of fused-ring (bicyclic) bond motifs is 2. The maximum atomic E-state index is 15.3. The number of urea groups is 1. The first kappa shape index (κ1) is 29.2. The van der Waals surface area contributed by atoms with Gasteiger partial charge in [0.05, 0.1) is 51.5 Å². The number of amides is 2. The number of anilines is 1. The molecule has 1 aliphatic heterocycles. The van der Waals surface area contributed by atoms with Gasteiger partial charge >= 0.3 is 11.7 Å². The molecule has 1 saturated carbocycles. The number of likely N-dealkylation sites (tertiary alicyclic amines) is 1. The van der Waals surface area contributed by atoms with Crippen LogP contribution in [0.15, 0.2) is 51.0 Å². The normalized spacial score (nSPS) is 19.3. The third-order valence-corrected chi connectivity index (χ3v) is 8.36. The molecule has 4 aromatic rings. The monoisotopic (exact) mass is 607 g/mol. The molecule has 3 heterocycles. The number of nitriles is 1. The van der Waals surface area contributed by atoms with Gasteiger partial charge in [-0.2, -0.15) is 5.26 Å². The van der Waals surface area contributed by atoms with E-state index in [0.29, 0.717) is 35.9 Å². The van der Waals surface area contributed by atoms with Crippen molar-refractivity contribution >= 4 is 33.5 Å². The van der Waals surface area contributed by atoms with Crippen molar-refractivity contribution in [1.29, 1.82) is 5.26 Å². The quantitative estimate of drug-likeness (QED) is 0.365. The van der Waals surface area contributed by atoms with Crippen molar-refractivity contribution in [1.82, 2.24) is 23.6 Å². The Morgan fingerprint density at radius 2 is 1.91 bits per heavy atom. The third kappa shape index (κ3) is 5.01. The van der Waals surface area contributed by atoms with E-state index < -0.39 is 60.0 Å². The van der Waals surface area contributed by atoms with Crippen LogP contribution >= 0.6 is 0 Å². The highest BCUT2D eigenvalue weighted by molar-refractivity contribution is 5.93. The van der Waals surface area contributed by atoms with Crippen LogP contribution in [0.25, 0.3) is 21.8 Å². The number of halogens is 3. The van der Waals surface area contributed by atoms with Crippen LogP contribution in [0.1, 0.15) is 50.8 Å². The molecule has 2 unspecified atom stereocenters. The lowest BCUT2D eigenvalue weighted by molar-refractivity contribution is 0.0945. The van der Waals surface area contributed by atoms with Crippen molar-refractivity contribution in [3.05, 3.63) is 79.2 Å². The molecule has 0 spiro atoms. The van der Waals surface area contributed by atoms with Gasteiger partial charge in [0.1, 0.15) is 5.82 Å². The van der Waals surface area contributed by atoms with Crippen LogP contribution in [0, 0.1) is 23.1 Å². The molecule has 2 amide bonds. The standard InChI is InChI=1S/C30H28F3N7O4/c1-16(2)40-25-10-22(31)24(9-21(25)27(42)38(29(40)44)13-18-11-30(18,32)33)36-28(43)37-7-3-4-19(14-37)39-15-35-23-8-17(12-34)5-6-20(23)26(39)41/h5-6,8-10,15-16,18-19H,3-4,7,11,13-14H2,1-2H3,(H,36,43). The summed E-state index contributed by atoms with van der Waals surface area (Å²) < 4.78 is 46.0. The van der Waals surface area contributed by atoms with Crippen LogP contribution in [0.2, 0.25) is 0 Å². The third-order valence-electron chi connectivity index (χ3n) is 8.36. The number of hydrogen-bond acceptors (Lipinski definition) is 6. The Balaban J connectivity index is 1.29. The van der Waals surface area contributed by atoms with Crippen molar-refractivity contribution < 1.29 is 18.0 Å². The maximum Gasteiger partial charge on any atom is 0.331 e. The molecule has 2 fully saturated rings. The number of aromatic nitrogens is 4. The van der Waals surface area contributed by atoms with Crippen molar-refractivity contribution in [3.8, 4) is 6.07 Å². The Labute approximate surface area is 247 Å². The zero-order chi connectivity index (χ0) is 31.5. The molecule has 2 aromatic heterocycles. The first-order valence-electron chi connectivity index (χ1n) is 14.2. The Kier molecular flexibility index (Phi) is 7.06. The highest BCUT2D eigenvalue weighted by atomic mass is 19.3. The number of rotatable bonds is 5. The van der Waals surface area contributed by atoms with Crippen LogP contribution in [-0.4, -0.2) is 48.6 Å². The van der Waals surface area contributed by atoms with E-state index in [1.54, 1.807) is 19.9 Å². The minimum absolute atomic E-state index is 0.00703. The van der Waals surface area contributed by atoms with Crippen LogP contribution in [0.4, 0.5) is 23.7 Å². The lowest BCUT2D eigenvalue weighted by Gasteiger charge is -2.33. The number of alkyl halides is 2. The van der Waals surface area contributed by atoms with E-state index in [4.69, 9.17) is 5.26 Å². The number of carbonyl (C=O) groups is 1. The number of piperidine rings is 1. The molecule has 1 aliphatic carbocycles. The van der Waals surface area contributed by atoms with E-state index in [2.05, 4.69) is 10.3 Å². The van der Waals surface area contributed by atoms with Gasteiger partial charge in [-0.1, -0.05) is 0 Å². The van der Waals surface area contributed by atoms with Crippen molar-refractivity contribution in [2.24, 2.45) is 5.92 Å². The van der Waals surface area contributed by atoms with Gasteiger partial charge in [-0.15, -0.1) is 0 Å². The van der Waals surface area contributed by atoms with Gasteiger partial charge in [0.25, 0.3) is 17.0 Å². The summed E-state index contributed by atoms with van der Waals surface area (Å²) in [6.07, 6.45) is 2.10. The largest absolute Gasteiger partial charge is 0.331 e. The molecular weight excluding hydrogens is 579 g/mol. The van der Waals surface area contributed by atoms with E-state index in [1.807, 2.05) is 6.07 Å². The van der Waals surface area contributed by atoms with E-state index in [-0.39, 0.29) is 28.7 Å². The molecule has 1 saturated heterocycles. The SMILES string of the molecule is CC(C)n1c(=O)n(CC2CC2(F)F)c(=O)c2cc(NC(=O)N3CCCC(n4cnc5cc(C#N)ccc5c4=O)C3)c(F)cc21.